The average Bonchev–Trinajstić information content (AvgIpc) is 3.19. The van der Waals surface area contributed by atoms with Gasteiger partial charge in [-0.15, -0.1) is 0 Å². The summed E-state index contributed by atoms with van der Waals surface area (Å²) in [6.45, 7) is 1.99. The molecule has 6 heteroatoms. The third-order valence-electron chi connectivity index (χ3n) is 5.38. The van der Waals surface area contributed by atoms with Crippen LogP contribution in [-0.4, -0.2) is 16.1 Å². The number of hydrogen-bond donors (Lipinski definition) is 2. The molecular weight excluding hydrogens is 444 g/mol. The predicted molar refractivity (Wildman–Crippen MR) is 129 cm³/mol. The summed E-state index contributed by atoms with van der Waals surface area (Å²) in [6, 6.07) is 18.2. The van der Waals surface area contributed by atoms with Crippen molar-refractivity contribution in [2.45, 2.75) is 13.3 Å². The van der Waals surface area contributed by atoms with Crippen LogP contribution in [0.4, 0.5) is 8.78 Å². The Labute approximate surface area is 194 Å². The normalized spacial score (nSPS) is 12.4. The van der Waals surface area contributed by atoms with Gasteiger partial charge in [-0.25, -0.2) is 13.6 Å². The molecule has 4 rings (SSSR count). The molecule has 1 heterocycles. The lowest BCUT2D eigenvalue weighted by Gasteiger charge is -2.16. The van der Waals surface area contributed by atoms with E-state index in [9.17, 15) is 13.6 Å². The van der Waals surface area contributed by atoms with Crippen molar-refractivity contribution in [3.63, 3.8) is 0 Å². The highest BCUT2D eigenvalue weighted by molar-refractivity contribution is 6.32. The number of aromatic nitrogens is 1. The van der Waals surface area contributed by atoms with Crippen LogP contribution in [0.3, 0.4) is 0 Å². The number of carboxylic acid groups (broad SMARTS) is 1. The summed E-state index contributed by atoms with van der Waals surface area (Å²) in [5.41, 5.74) is 5.45. The van der Waals surface area contributed by atoms with Crippen LogP contribution in [0.2, 0.25) is 5.02 Å². The Kier molecular flexibility index (Phi) is 6.43. The van der Waals surface area contributed by atoms with E-state index in [0.29, 0.717) is 22.5 Å². The van der Waals surface area contributed by atoms with Crippen molar-refractivity contribution in [2.24, 2.45) is 0 Å². The molecule has 2 N–H and O–H groups in total. The molecule has 0 saturated heterocycles. The van der Waals surface area contributed by atoms with Crippen LogP contribution in [0.15, 0.2) is 72.8 Å². The largest absolute Gasteiger partial charge is 0.478 e. The van der Waals surface area contributed by atoms with E-state index in [4.69, 9.17) is 16.7 Å². The minimum absolute atomic E-state index is 0.299. The molecule has 0 amide bonds. The van der Waals surface area contributed by atoms with Crippen LogP contribution in [0, 0.1) is 11.6 Å². The second-order valence-electron chi connectivity index (χ2n) is 7.54. The zero-order valence-corrected chi connectivity index (χ0v) is 18.5. The van der Waals surface area contributed by atoms with Gasteiger partial charge in [-0.2, -0.15) is 0 Å². The monoisotopic (exact) mass is 463 g/mol. The lowest BCUT2D eigenvalue weighted by atomic mass is 9.90. The van der Waals surface area contributed by atoms with Crippen LogP contribution >= 0.6 is 11.6 Å². The first kappa shape index (κ1) is 22.5. The number of aliphatic carboxylic acids is 1. The number of fused-ring (bicyclic) bond motifs is 1. The maximum atomic E-state index is 13.8. The summed E-state index contributed by atoms with van der Waals surface area (Å²) in [4.78, 5) is 14.1. The summed E-state index contributed by atoms with van der Waals surface area (Å²) in [5.74, 6) is -1.78. The molecule has 0 spiro atoms. The van der Waals surface area contributed by atoms with E-state index in [1.54, 1.807) is 12.1 Å². The van der Waals surface area contributed by atoms with E-state index in [1.165, 1.54) is 30.3 Å². The first-order valence-electron chi connectivity index (χ1n) is 10.3. The van der Waals surface area contributed by atoms with Gasteiger partial charge in [-0.3, -0.25) is 0 Å². The molecule has 1 aromatic heterocycles. The Hall–Kier alpha value is -3.70. The van der Waals surface area contributed by atoms with Crippen LogP contribution in [0.1, 0.15) is 35.7 Å². The maximum absolute atomic E-state index is 13.8. The van der Waals surface area contributed by atoms with Crippen molar-refractivity contribution in [1.82, 2.24) is 4.98 Å². The van der Waals surface area contributed by atoms with Crippen LogP contribution in [0.5, 0.6) is 0 Å². The van der Waals surface area contributed by atoms with Gasteiger partial charge in [-0.1, -0.05) is 48.9 Å². The van der Waals surface area contributed by atoms with Gasteiger partial charge in [0.05, 0.1) is 5.02 Å². The Morgan fingerprint density at radius 2 is 1.70 bits per heavy atom. The van der Waals surface area contributed by atoms with Crippen molar-refractivity contribution in [2.75, 3.05) is 0 Å². The summed E-state index contributed by atoms with van der Waals surface area (Å²) >= 11 is 6.42. The first-order chi connectivity index (χ1) is 15.9. The number of carboxylic acids is 1. The topological polar surface area (TPSA) is 53.1 Å². The third kappa shape index (κ3) is 4.89. The van der Waals surface area contributed by atoms with Crippen molar-refractivity contribution >= 4 is 45.7 Å². The number of nitrogens with one attached hydrogen (secondary N) is 1. The average molecular weight is 464 g/mol. The molecule has 3 nitrogen and oxygen atoms in total. The Morgan fingerprint density at radius 1 is 1.00 bits per heavy atom. The minimum Gasteiger partial charge on any atom is -0.478 e. The Balaban J connectivity index is 1.94. The lowest BCUT2D eigenvalue weighted by molar-refractivity contribution is -0.131. The second kappa shape index (κ2) is 9.43. The molecule has 4 aromatic rings. The van der Waals surface area contributed by atoms with Gasteiger partial charge in [-0.05, 0) is 71.2 Å². The van der Waals surface area contributed by atoms with Gasteiger partial charge in [0.25, 0.3) is 0 Å². The fourth-order valence-electron chi connectivity index (χ4n) is 3.89. The number of carbonyl (C=O) groups is 1. The van der Waals surface area contributed by atoms with Gasteiger partial charge in [0.15, 0.2) is 0 Å². The van der Waals surface area contributed by atoms with Crippen molar-refractivity contribution < 1.29 is 18.7 Å². The molecule has 0 aliphatic carbocycles. The maximum Gasteiger partial charge on any atom is 0.328 e. The number of rotatable bonds is 6. The van der Waals surface area contributed by atoms with E-state index < -0.39 is 11.8 Å². The molecule has 33 heavy (non-hydrogen) atoms. The summed E-state index contributed by atoms with van der Waals surface area (Å²) in [7, 11) is 0. The zero-order chi connectivity index (χ0) is 23.5. The molecule has 0 aliphatic heterocycles. The third-order valence-corrected chi connectivity index (χ3v) is 5.70. The molecule has 0 fully saturated rings. The van der Waals surface area contributed by atoms with E-state index in [0.717, 1.165) is 39.4 Å². The standard InChI is InChI=1S/C27H20ClF2NO2/c1-2-21(22-11-10-19(29)14-23(22)28)27(17-6-3-16(4-7-17)5-12-26(32)33)25-13-18-8-9-20(30)15-24(18)31-25/h3-15,31H,2H2,1H3,(H,32,33)/b12-5+,27-21+. The highest BCUT2D eigenvalue weighted by atomic mass is 35.5. The van der Waals surface area contributed by atoms with E-state index in [1.807, 2.05) is 37.3 Å². The molecule has 0 saturated carbocycles. The highest BCUT2D eigenvalue weighted by Crippen LogP contribution is 2.38. The molecule has 166 valence electrons. The number of aromatic amines is 1. The molecular formula is C27H20ClF2NO2. The Bertz CT molecular complexity index is 1400. The predicted octanol–water partition coefficient (Wildman–Crippen LogP) is 7.57. The second-order valence-corrected chi connectivity index (χ2v) is 7.95. The number of allylic oxidation sites excluding steroid dienone is 1. The zero-order valence-electron chi connectivity index (χ0n) is 17.7. The van der Waals surface area contributed by atoms with E-state index in [-0.39, 0.29) is 5.82 Å². The minimum atomic E-state index is -1.02. The number of halogens is 3. The van der Waals surface area contributed by atoms with Crippen molar-refractivity contribution in [3.05, 3.63) is 112 Å². The molecule has 0 aliphatic rings. The van der Waals surface area contributed by atoms with Gasteiger partial charge in [0.2, 0.25) is 0 Å². The van der Waals surface area contributed by atoms with Crippen molar-refractivity contribution in [3.8, 4) is 0 Å². The quantitative estimate of drug-likeness (QED) is 0.229. The lowest BCUT2D eigenvalue weighted by Crippen LogP contribution is -1.97. The first-order valence-corrected chi connectivity index (χ1v) is 10.7. The SMILES string of the molecule is CC/C(=C(/c1ccc(/C=C/C(=O)O)cc1)c1cc2ccc(F)cc2[nH]1)c1ccc(F)cc1Cl. The summed E-state index contributed by atoms with van der Waals surface area (Å²) < 4.78 is 27.5. The van der Waals surface area contributed by atoms with Gasteiger partial charge in [0.1, 0.15) is 11.6 Å². The highest BCUT2D eigenvalue weighted by Gasteiger charge is 2.17. The molecule has 3 aromatic carbocycles. The van der Waals surface area contributed by atoms with Gasteiger partial charge in [0, 0.05) is 28.2 Å². The smallest absolute Gasteiger partial charge is 0.328 e. The molecule has 0 radical (unpaired) electrons. The number of H-pyrrole nitrogens is 1. The fourth-order valence-corrected chi connectivity index (χ4v) is 4.17. The number of benzene rings is 3. The summed E-state index contributed by atoms with van der Waals surface area (Å²) in [5, 5.41) is 10.0. The molecule has 0 unspecified atom stereocenters. The van der Waals surface area contributed by atoms with Crippen LogP contribution in [0.25, 0.3) is 28.1 Å². The Morgan fingerprint density at radius 3 is 2.36 bits per heavy atom. The van der Waals surface area contributed by atoms with Gasteiger partial charge < -0.3 is 10.1 Å². The number of hydrogen-bond acceptors (Lipinski definition) is 1. The summed E-state index contributed by atoms with van der Waals surface area (Å²) in [6.07, 6.45) is 3.19. The van der Waals surface area contributed by atoms with E-state index in [2.05, 4.69) is 4.98 Å². The fraction of sp³-hybridized carbons (Fsp3) is 0.0741. The molecule has 0 atom stereocenters. The van der Waals surface area contributed by atoms with Gasteiger partial charge >= 0.3 is 5.97 Å². The van der Waals surface area contributed by atoms with Crippen LogP contribution in [-0.2, 0) is 4.79 Å². The van der Waals surface area contributed by atoms with E-state index >= 15 is 0 Å². The van der Waals surface area contributed by atoms with Crippen LogP contribution < -0.4 is 0 Å². The van der Waals surface area contributed by atoms with Crippen molar-refractivity contribution in [1.29, 1.82) is 0 Å². The molecule has 0 bridgehead atoms.